The van der Waals surface area contributed by atoms with E-state index in [9.17, 15) is 0 Å². The first-order valence-corrected chi connectivity index (χ1v) is 8.02. The van der Waals surface area contributed by atoms with Crippen LogP contribution in [-0.2, 0) is 6.54 Å². The van der Waals surface area contributed by atoms with Gasteiger partial charge >= 0.3 is 0 Å². The molecule has 0 amide bonds. The Labute approximate surface area is 133 Å². The van der Waals surface area contributed by atoms with Gasteiger partial charge in [0.05, 0.1) is 6.61 Å². The number of aromatic nitrogens is 1. The average molecular weight is 344 g/mol. The fourth-order valence-electron chi connectivity index (χ4n) is 2.44. The van der Waals surface area contributed by atoms with E-state index in [-0.39, 0.29) is 0 Å². The molecule has 108 valence electrons. The molecular weight excluding hydrogens is 326 g/mol. The molecule has 2 aromatic carbocycles. The minimum absolute atomic E-state index is 0.767. The Morgan fingerprint density at radius 3 is 2.76 bits per heavy atom. The molecule has 0 spiro atoms. The van der Waals surface area contributed by atoms with Crippen molar-refractivity contribution in [1.82, 2.24) is 4.57 Å². The fraction of sp³-hybridized carbons (Fsp3) is 0.222. The molecule has 0 bridgehead atoms. The summed E-state index contributed by atoms with van der Waals surface area (Å²) in [6, 6.07) is 16.8. The zero-order chi connectivity index (χ0) is 14.7. The lowest BCUT2D eigenvalue weighted by Crippen LogP contribution is -1.99. The molecule has 0 atom stereocenters. The standard InChI is InChI=1S/C18H18BrNO/c1-2-11-21-16-7-8-18-14(12-16)9-10-20(18)13-15-5-3-4-6-17(15)19/h3-10,12H,2,11,13H2,1H3. The molecule has 1 aromatic heterocycles. The Bertz CT molecular complexity index is 748. The monoisotopic (exact) mass is 343 g/mol. The number of ether oxygens (including phenoxy) is 1. The van der Waals surface area contributed by atoms with E-state index in [0.29, 0.717) is 0 Å². The van der Waals surface area contributed by atoms with Gasteiger partial charge < -0.3 is 9.30 Å². The molecule has 2 nitrogen and oxygen atoms in total. The summed E-state index contributed by atoms with van der Waals surface area (Å²) >= 11 is 3.61. The van der Waals surface area contributed by atoms with Crippen LogP contribution in [0.3, 0.4) is 0 Å². The summed E-state index contributed by atoms with van der Waals surface area (Å²) in [5.74, 6) is 0.947. The van der Waals surface area contributed by atoms with Gasteiger partial charge in [0.2, 0.25) is 0 Å². The lowest BCUT2D eigenvalue weighted by molar-refractivity contribution is 0.318. The quantitative estimate of drug-likeness (QED) is 0.617. The van der Waals surface area contributed by atoms with Gasteiger partial charge in [-0.3, -0.25) is 0 Å². The smallest absolute Gasteiger partial charge is 0.120 e. The van der Waals surface area contributed by atoms with Crippen LogP contribution in [0.4, 0.5) is 0 Å². The van der Waals surface area contributed by atoms with E-state index < -0.39 is 0 Å². The Kier molecular flexibility index (Phi) is 4.30. The predicted octanol–water partition coefficient (Wildman–Crippen LogP) is 5.24. The fourth-order valence-corrected chi connectivity index (χ4v) is 2.85. The Morgan fingerprint density at radius 2 is 1.95 bits per heavy atom. The second kappa shape index (κ2) is 6.35. The van der Waals surface area contributed by atoms with Crippen LogP contribution in [0.1, 0.15) is 18.9 Å². The topological polar surface area (TPSA) is 14.2 Å². The molecule has 0 aliphatic heterocycles. The van der Waals surface area contributed by atoms with E-state index in [1.807, 2.05) is 6.07 Å². The summed E-state index contributed by atoms with van der Waals surface area (Å²) in [6.45, 7) is 3.75. The highest BCUT2D eigenvalue weighted by atomic mass is 79.9. The molecule has 1 heterocycles. The molecule has 0 aliphatic rings. The number of fused-ring (bicyclic) bond motifs is 1. The van der Waals surface area contributed by atoms with Crippen LogP contribution in [0.5, 0.6) is 5.75 Å². The summed E-state index contributed by atoms with van der Waals surface area (Å²) in [7, 11) is 0. The van der Waals surface area contributed by atoms with Gasteiger partial charge in [0.1, 0.15) is 5.75 Å². The van der Waals surface area contributed by atoms with Crippen molar-refractivity contribution in [1.29, 1.82) is 0 Å². The van der Waals surface area contributed by atoms with Crippen LogP contribution < -0.4 is 4.74 Å². The molecule has 3 rings (SSSR count). The highest BCUT2D eigenvalue weighted by Gasteiger charge is 2.05. The molecule has 21 heavy (non-hydrogen) atoms. The summed E-state index contributed by atoms with van der Waals surface area (Å²) in [6.07, 6.45) is 3.16. The van der Waals surface area contributed by atoms with Crippen LogP contribution in [0.15, 0.2) is 59.2 Å². The second-order valence-electron chi connectivity index (χ2n) is 5.10. The first-order valence-electron chi connectivity index (χ1n) is 7.23. The van der Waals surface area contributed by atoms with Crippen LogP contribution >= 0.6 is 15.9 Å². The normalized spacial score (nSPS) is 11.0. The average Bonchev–Trinajstić information content (AvgIpc) is 2.90. The minimum atomic E-state index is 0.767. The van der Waals surface area contributed by atoms with Gasteiger partial charge in [0.25, 0.3) is 0 Å². The molecule has 0 radical (unpaired) electrons. The van der Waals surface area contributed by atoms with Crippen molar-refractivity contribution >= 4 is 26.8 Å². The van der Waals surface area contributed by atoms with Crippen LogP contribution in [-0.4, -0.2) is 11.2 Å². The van der Waals surface area contributed by atoms with E-state index in [4.69, 9.17) is 4.74 Å². The minimum Gasteiger partial charge on any atom is -0.494 e. The van der Waals surface area contributed by atoms with Gasteiger partial charge in [-0.2, -0.15) is 0 Å². The van der Waals surface area contributed by atoms with Crippen molar-refractivity contribution in [3.05, 3.63) is 64.8 Å². The van der Waals surface area contributed by atoms with Crippen molar-refractivity contribution < 1.29 is 4.74 Å². The van der Waals surface area contributed by atoms with Gasteiger partial charge in [-0.1, -0.05) is 41.1 Å². The molecular formula is C18H18BrNO. The summed E-state index contributed by atoms with van der Waals surface area (Å²) < 4.78 is 9.10. The lowest BCUT2D eigenvalue weighted by atomic mass is 10.2. The van der Waals surface area contributed by atoms with Crippen molar-refractivity contribution in [2.24, 2.45) is 0 Å². The third-order valence-corrected chi connectivity index (χ3v) is 4.29. The van der Waals surface area contributed by atoms with Gasteiger partial charge in [-0.05, 0) is 42.3 Å². The molecule has 3 heteroatoms. The van der Waals surface area contributed by atoms with Gasteiger partial charge in [-0.25, -0.2) is 0 Å². The van der Waals surface area contributed by atoms with Gasteiger partial charge in [-0.15, -0.1) is 0 Å². The van der Waals surface area contributed by atoms with E-state index in [1.165, 1.54) is 16.5 Å². The predicted molar refractivity (Wildman–Crippen MR) is 91.0 cm³/mol. The maximum Gasteiger partial charge on any atom is 0.120 e. The SMILES string of the molecule is CCCOc1ccc2c(ccn2Cc2ccccc2Br)c1. The molecule has 0 saturated heterocycles. The Morgan fingerprint density at radius 1 is 1.10 bits per heavy atom. The summed E-state index contributed by atoms with van der Waals surface area (Å²) in [5.41, 5.74) is 2.51. The number of hydrogen-bond acceptors (Lipinski definition) is 1. The van der Waals surface area contributed by atoms with E-state index in [1.54, 1.807) is 0 Å². The lowest BCUT2D eigenvalue weighted by Gasteiger charge is -2.09. The van der Waals surface area contributed by atoms with E-state index in [0.717, 1.165) is 29.8 Å². The largest absolute Gasteiger partial charge is 0.494 e. The zero-order valence-corrected chi connectivity index (χ0v) is 13.6. The summed E-state index contributed by atoms with van der Waals surface area (Å²) in [5, 5.41) is 1.22. The number of hydrogen-bond donors (Lipinski definition) is 0. The van der Waals surface area contributed by atoms with Crippen molar-refractivity contribution in [3.8, 4) is 5.75 Å². The van der Waals surface area contributed by atoms with Crippen LogP contribution in [0.2, 0.25) is 0 Å². The van der Waals surface area contributed by atoms with Crippen LogP contribution in [0, 0.1) is 0 Å². The molecule has 0 fully saturated rings. The Hall–Kier alpha value is -1.74. The third-order valence-electron chi connectivity index (χ3n) is 3.51. The second-order valence-corrected chi connectivity index (χ2v) is 5.96. The van der Waals surface area contributed by atoms with Gasteiger partial charge in [0, 0.05) is 28.1 Å². The molecule has 3 aromatic rings. The maximum absolute atomic E-state index is 5.69. The van der Waals surface area contributed by atoms with Crippen molar-refractivity contribution in [2.45, 2.75) is 19.9 Å². The molecule has 0 aliphatic carbocycles. The number of halogens is 1. The van der Waals surface area contributed by atoms with Crippen molar-refractivity contribution in [3.63, 3.8) is 0 Å². The highest BCUT2D eigenvalue weighted by Crippen LogP contribution is 2.24. The van der Waals surface area contributed by atoms with Crippen molar-refractivity contribution in [2.75, 3.05) is 6.61 Å². The zero-order valence-electron chi connectivity index (χ0n) is 12.1. The number of rotatable bonds is 5. The summed E-state index contributed by atoms with van der Waals surface area (Å²) in [4.78, 5) is 0. The van der Waals surface area contributed by atoms with E-state index in [2.05, 4.69) is 76.1 Å². The third kappa shape index (κ3) is 3.13. The molecule has 0 saturated carbocycles. The van der Waals surface area contributed by atoms with Gasteiger partial charge in [0.15, 0.2) is 0 Å². The number of nitrogens with zero attached hydrogens (tertiary/aromatic N) is 1. The molecule has 0 N–H and O–H groups in total. The first-order chi connectivity index (χ1) is 10.3. The van der Waals surface area contributed by atoms with Crippen LogP contribution in [0.25, 0.3) is 10.9 Å². The maximum atomic E-state index is 5.69. The Balaban J connectivity index is 1.88. The first kappa shape index (κ1) is 14.2. The highest BCUT2D eigenvalue weighted by molar-refractivity contribution is 9.10. The molecule has 0 unspecified atom stereocenters. The van der Waals surface area contributed by atoms with E-state index >= 15 is 0 Å². The number of benzene rings is 2.